The molecule has 6 heteroatoms. The molecule has 1 saturated heterocycles. The average molecular weight is 235 g/mol. The molecule has 15 heavy (non-hydrogen) atoms. The van der Waals surface area contributed by atoms with Crippen LogP contribution in [-0.4, -0.2) is 37.9 Å². The summed E-state index contributed by atoms with van der Waals surface area (Å²) in [7, 11) is -3.29. The molecule has 0 bridgehead atoms. The lowest BCUT2D eigenvalue weighted by Gasteiger charge is -2.40. The van der Waals surface area contributed by atoms with Gasteiger partial charge in [0.15, 0.2) is 0 Å². The van der Waals surface area contributed by atoms with Crippen LogP contribution < -0.4 is 10.5 Å². The van der Waals surface area contributed by atoms with Crippen molar-refractivity contribution in [3.05, 3.63) is 0 Å². The van der Waals surface area contributed by atoms with Crippen LogP contribution in [0.15, 0.2) is 0 Å². The lowest BCUT2D eigenvalue weighted by molar-refractivity contribution is 0.194. The van der Waals surface area contributed by atoms with Gasteiger partial charge in [-0.1, -0.05) is 0 Å². The van der Waals surface area contributed by atoms with Crippen molar-refractivity contribution in [2.45, 2.75) is 32.7 Å². The van der Waals surface area contributed by atoms with E-state index in [1.807, 2.05) is 20.8 Å². The zero-order valence-electron chi connectivity index (χ0n) is 9.66. The first-order chi connectivity index (χ1) is 6.77. The van der Waals surface area contributed by atoms with Gasteiger partial charge in [-0.05, 0) is 39.7 Å². The molecule has 1 rings (SSSR count). The molecule has 1 unspecified atom stereocenters. The molecule has 0 saturated carbocycles. The van der Waals surface area contributed by atoms with Crippen LogP contribution in [0.25, 0.3) is 0 Å². The Hall–Kier alpha value is -0.170. The highest BCUT2D eigenvalue weighted by atomic mass is 32.2. The fourth-order valence-electron chi connectivity index (χ4n) is 1.76. The highest BCUT2D eigenvalue weighted by Gasteiger charge is 2.37. The van der Waals surface area contributed by atoms with Crippen molar-refractivity contribution in [2.75, 3.05) is 19.6 Å². The predicted octanol–water partition coefficient (Wildman–Crippen LogP) is -0.100. The molecule has 1 aliphatic rings. The molecule has 1 heterocycles. The molecule has 0 aromatic rings. The van der Waals surface area contributed by atoms with E-state index < -0.39 is 10.2 Å². The Balaban J connectivity index is 2.80. The van der Waals surface area contributed by atoms with Gasteiger partial charge in [0.1, 0.15) is 0 Å². The lowest BCUT2D eigenvalue weighted by Crippen LogP contribution is -2.58. The predicted molar refractivity (Wildman–Crippen MR) is 60.5 cm³/mol. The number of nitrogens with two attached hydrogens (primary N) is 1. The summed E-state index contributed by atoms with van der Waals surface area (Å²) in [6.45, 7) is 7.37. The first-order valence-electron chi connectivity index (χ1n) is 5.25. The Morgan fingerprint density at radius 1 is 1.47 bits per heavy atom. The first kappa shape index (κ1) is 12.9. The van der Waals surface area contributed by atoms with Gasteiger partial charge in [-0.15, -0.1) is 0 Å². The van der Waals surface area contributed by atoms with Gasteiger partial charge in [-0.25, -0.2) is 4.72 Å². The fourth-order valence-corrected chi connectivity index (χ4v) is 3.49. The largest absolute Gasteiger partial charge is 0.330 e. The third-order valence-corrected chi connectivity index (χ3v) is 4.40. The topological polar surface area (TPSA) is 75.4 Å². The summed E-state index contributed by atoms with van der Waals surface area (Å²) < 4.78 is 27.6. The Morgan fingerprint density at radius 3 is 2.53 bits per heavy atom. The Labute approximate surface area is 92.2 Å². The van der Waals surface area contributed by atoms with Crippen LogP contribution in [-0.2, 0) is 10.2 Å². The maximum atomic E-state index is 11.8. The van der Waals surface area contributed by atoms with E-state index in [2.05, 4.69) is 4.72 Å². The van der Waals surface area contributed by atoms with Gasteiger partial charge in [0, 0.05) is 18.6 Å². The highest BCUT2D eigenvalue weighted by molar-refractivity contribution is 7.87. The molecule has 5 nitrogen and oxygen atoms in total. The van der Waals surface area contributed by atoms with E-state index in [9.17, 15) is 8.42 Å². The van der Waals surface area contributed by atoms with Gasteiger partial charge in [-0.2, -0.15) is 12.7 Å². The summed E-state index contributed by atoms with van der Waals surface area (Å²) >= 11 is 0. The minimum Gasteiger partial charge on any atom is -0.330 e. The van der Waals surface area contributed by atoms with Crippen molar-refractivity contribution >= 4 is 10.2 Å². The molecule has 0 aliphatic carbocycles. The van der Waals surface area contributed by atoms with Crippen LogP contribution in [0.1, 0.15) is 27.2 Å². The Bertz CT molecular complexity index is 308. The molecule has 1 atom stereocenters. The molecule has 1 aliphatic heterocycles. The van der Waals surface area contributed by atoms with E-state index in [1.165, 1.54) is 4.31 Å². The third-order valence-electron chi connectivity index (χ3n) is 2.59. The third kappa shape index (κ3) is 3.14. The standard InChI is InChI=1S/C9H21N3O2S/c1-9(2,3)12-7-8(4-5-10)6-11-15(12,13)14/h8,11H,4-7,10H2,1-3H3. The monoisotopic (exact) mass is 235 g/mol. The Morgan fingerprint density at radius 2 is 2.07 bits per heavy atom. The molecule has 0 aromatic heterocycles. The molecule has 3 N–H and O–H groups in total. The minimum absolute atomic E-state index is 0.317. The van der Waals surface area contributed by atoms with Gasteiger partial charge < -0.3 is 5.73 Å². The van der Waals surface area contributed by atoms with E-state index in [0.717, 1.165) is 6.42 Å². The zero-order chi connectivity index (χ0) is 11.7. The van der Waals surface area contributed by atoms with Gasteiger partial charge in [0.05, 0.1) is 0 Å². The zero-order valence-corrected chi connectivity index (χ0v) is 10.5. The lowest BCUT2D eigenvalue weighted by atomic mass is 10.0. The minimum atomic E-state index is -3.29. The molecule has 0 radical (unpaired) electrons. The smallest absolute Gasteiger partial charge is 0.279 e. The summed E-state index contributed by atoms with van der Waals surface area (Å²) in [6, 6.07) is 0. The summed E-state index contributed by atoms with van der Waals surface area (Å²) in [4.78, 5) is 0. The van der Waals surface area contributed by atoms with Crippen LogP contribution in [0.5, 0.6) is 0 Å². The summed E-state index contributed by atoms with van der Waals surface area (Å²) in [5.41, 5.74) is 5.11. The van der Waals surface area contributed by atoms with Crippen molar-refractivity contribution in [3.8, 4) is 0 Å². The summed E-state index contributed by atoms with van der Waals surface area (Å²) in [5, 5.41) is 0. The van der Waals surface area contributed by atoms with E-state index in [4.69, 9.17) is 5.73 Å². The second kappa shape index (κ2) is 4.37. The number of rotatable bonds is 2. The van der Waals surface area contributed by atoms with Crippen molar-refractivity contribution in [2.24, 2.45) is 11.7 Å². The molecule has 90 valence electrons. The molecule has 1 fully saturated rings. The normalized spacial score (nSPS) is 27.9. The van der Waals surface area contributed by atoms with Gasteiger partial charge in [0.2, 0.25) is 0 Å². The van der Waals surface area contributed by atoms with E-state index in [1.54, 1.807) is 0 Å². The maximum absolute atomic E-state index is 11.8. The van der Waals surface area contributed by atoms with Crippen molar-refractivity contribution in [1.29, 1.82) is 0 Å². The first-order valence-corrected chi connectivity index (χ1v) is 6.69. The van der Waals surface area contributed by atoms with Gasteiger partial charge >= 0.3 is 0 Å². The van der Waals surface area contributed by atoms with Crippen LogP contribution in [0.3, 0.4) is 0 Å². The van der Waals surface area contributed by atoms with Crippen LogP contribution in [0.4, 0.5) is 0 Å². The summed E-state index contributed by atoms with van der Waals surface area (Å²) in [5.74, 6) is 0.317. The molecule has 0 spiro atoms. The molecule has 0 amide bonds. The molecule has 0 aromatic carbocycles. The quantitative estimate of drug-likeness (QED) is 0.702. The molecular formula is C9H21N3O2S. The van der Waals surface area contributed by atoms with E-state index in [-0.39, 0.29) is 5.54 Å². The van der Waals surface area contributed by atoms with Gasteiger partial charge in [0.25, 0.3) is 10.2 Å². The average Bonchev–Trinajstić information content (AvgIpc) is 2.06. The second-order valence-electron chi connectivity index (χ2n) is 5.00. The number of hydrogen-bond donors (Lipinski definition) is 2. The number of hydrogen-bond acceptors (Lipinski definition) is 3. The van der Waals surface area contributed by atoms with Crippen LogP contribution in [0, 0.1) is 5.92 Å². The van der Waals surface area contributed by atoms with Gasteiger partial charge in [-0.3, -0.25) is 0 Å². The van der Waals surface area contributed by atoms with Crippen LogP contribution >= 0.6 is 0 Å². The van der Waals surface area contributed by atoms with Crippen molar-refractivity contribution in [3.63, 3.8) is 0 Å². The van der Waals surface area contributed by atoms with Crippen molar-refractivity contribution < 1.29 is 8.42 Å². The van der Waals surface area contributed by atoms with E-state index >= 15 is 0 Å². The fraction of sp³-hybridized carbons (Fsp3) is 1.00. The Kier molecular flexibility index (Phi) is 3.76. The number of nitrogens with zero attached hydrogens (tertiary/aromatic N) is 1. The summed E-state index contributed by atoms with van der Waals surface area (Å²) in [6.07, 6.45) is 0.856. The van der Waals surface area contributed by atoms with E-state index in [0.29, 0.717) is 25.6 Å². The van der Waals surface area contributed by atoms with Crippen LogP contribution in [0.2, 0.25) is 0 Å². The maximum Gasteiger partial charge on any atom is 0.279 e. The second-order valence-corrected chi connectivity index (χ2v) is 6.68. The van der Waals surface area contributed by atoms with Crippen molar-refractivity contribution in [1.82, 2.24) is 9.03 Å². The highest BCUT2D eigenvalue weighted by Crippen LogP contribution is 2.23. The molecular weight excluding hydrogens is 214 g/mol. The number of nitrogens with one attached hydrogen (secondary N) is 1. The SMILES string of the molecule is CC(C)(C)N1CC(CCN)CNS1(=O)=O.